The first-order valence-electron chi connectivity index (χ1n) is 7.29. The average Bonchev–Trinajstić information content (AvgIpc) is 3.11. The van der Waals surface area contributed by atoms with Crippen molar-refractivity contribution in [2.24, 2.45) is 0 Å². The van der Waals surface area contributed by atoms with E-state index in [1.807, 2.05) is 0 Å². The number of benzene rings is 2. The molecule has 0 saturated heterocycles. The molecule has 1 heterocycles. The summed E-state index contributed by atoms with van der Waals surface area (Å²) in [4.78, 5) is 23.8. The lowest BCUT2D eigenvalue weighted by atomic mass is 10.1. The van der Waals surface area contributed by atoms with Crippen LogP contribution in [-0.4, -0.2) is 24.1 Å². The fourth-order valence-electron chi connectivity index (χ4n) is 2.20. The standard InChI is InChI=1S/C18H13FN2O4/c1-24-18(23)12-5-3-7-14(9-12)20-17(22)16-10-15(21-25-16)11-4-2-6-13(19)8-11/h2-10H,1H3,(H,20,22). The lowest BCUT2D eigenvalue weighted by Gasteiger charge is -2.04. The molecule has 1 aromatic heterocycles. The highest BCUT2D eigenvalue weighted by Gasteiger charge is 2.15. The zero-order valence-corrected chi connectivity index (χ0v) is 13.2. The number of amides is 1. The molecule has 126 valence electrons. The minimum absolute atomic E-state index is 0.0391. The molecule has 0 spiro atoms. The predicted molar refractivity (Wildman–Crippen MR) is 87.6 cm³/mol. The van der Waals surface area contributed by atoms with Crippen LogP contribution in [0, 0.1) is 5.82 Å². The highest BCUT2D eigenvalue weighted by molar-refractivity contribution is 6.03. The largest absolute Gasteiger partial charge is 0.465 e. The van der Waals surface area contributed by atoms with Crippen LogP contribution in [0.5, 0.6) is 0 Å². The number of hydrogen-bond acceptors (Lipinski definition) is 5. The number of carbonyl (C=O) groups is 2. The minimum Gasteiger partial charge on any atom is -0.465 e. The van der Waals surface area contributed by atoms with Crippen LogP contribution in [0.1, 0.15) is 20.9 Å². The molecule has 1 amide bonds. The SMILES string of the molecule is COC(=O)c1cccc(NC(=O)c2cc(-c3cccc(F)c3)no2)c1. The van der Waals surface area contributed by atoms with Crippen molar-refractivity contribution < 1.29 is 23.2 Å². The van der Waals surface area contributed by atoms with Crippen LogP contribution in [0.2, 0.25) is 0 Å². The van der Waals surface area contributed by atoms with Crippen molar-refractivity contribution in [3.63, 3.8) is 0 Å². The quantitative estimate of drug-likeness (QED) is 0.735. The van der Waals surface area contributed by atoms with Gasteiger partial charge in [0.1, 0.15) is 11.5 Å². The van der Waals surface area contributed by atoms with Gasteiger partial charge in [-0.15, -0.1) is 0 Å². The molecule has 2 aromatic carbocycles. The number of ether oxygens (including phenoxy) is 1. The Labute approximate surface area is 142 Å². The van der Waals surface area contributed by atoms with Gasteiger partial charge < -0.3 is 14.6 Å². The number of nitrogens with zero attached hydrogens (tertiary/aromatic N) is 1. The summed E-state index contributed by atoms with van der Waals surface area (Å²) in [5.74, 6) is -1.50. The minimum atomic E-state index is -0.544. The van der Waals surface area contributed by atoms with E-state index in [2.05, 4.69) is 15.2 Å². The second kappa shape index (κ2) is 6.96. The number of methoxy groups -OCH3 is 1. The monoisotopic (exact) mass is 340 g/mol. The molecule has 0 aliphatic heterocycles. The van der Waals surface area contributed by atoms with Crippen molar-refractivity contribution in [2.45, 2.75) is 0 Å². The first kappa shape index (κ1) is 16.4. The maximum absolute atomic E-state index is 13.3. The van der Waals surface area contributed by atoms with Crippen molar-refractivity contribution in [1.29, 1.82) is 0 Å². The van der Waals surface area contributed by atoms with E-state index < -0.39 is 17.7 Å². The maximum atomic E-state index is 13.3. The van der Waals surface area contributed by atoms with Gasteiger partial charge in [-0.1, -0.05) is 23.4 Å². The smallest absolute Gasteiger partial charge is 0.337 e. The Morgan fingerprint density at radius 3 is 2.68 bits per heavy atom. The van der Waals surface area contributed by atoms with Gasteiger partial charge in [-0.05, 0) is 30.3 Å². The van der Waals surface area contributed by atoms with E-state index in [-0.39, 0.29) is 5.76 Å². The summed E-state index contributed by atoms with van der Waals surface area (Å²) in [7, 11) is 1.27. The summed E-state index contributed by atoms with van der Waals surface area (Å²) in [6, 6.07) is 13.5. The summed E-state index contributed by atoms with van der Waals surface area (Å²) in [6.07, 6.45) is 0. The summed E-state index contributed by atoms with van der Waals surface area (Å²) in [5, 5.41) is 6.37. The van der Waals surface area contributed by atoms with Crippen LogP contribution in [-0.2, 0) is 4.74 Å². The zero-order chi connectivity index (χ0) is 17.8. The molecule has 1 N–H and O–H groups in total. The molecular weight excluding hydrogens is 327 g/mol. The van der Waals surface area contributed by atoms with Gasteiger partial charge in [0.15, 0.2) is 0 Å². The Bertz CT molecular complexity index is 936. The van der Waals surface area contributed by atoms with Crippen LogP contribution < -0.4 is 5.32 Å². The number of esters is 1. The molecule has 0 bridgehead atoms. The van der Waals surface area contributed by atoms with Gasteiger partial charge in [-0.2, -0.15) is 0 Å². The second-order valence-electron chi connectivity index (χ2n) is 5.11. The lowest BCUT2D eigenvalue weighted by Crippen LogP contribution is -2.11. The van der Waals surface area contributed by atoms with E-state index in [4.69, 9.17) is 4.52 Å². The Balaban J connectivity index is 1.77. The molecule has 0 radical (unpaired) electrons. The summed E-state index contributed by atoms with van der Waals surface area (Å²) in [6.45, 7) is 0. The fraction of sp³-hybridized carbons (Fsp3) is 0.0556. The maximum Gasteiger partial charge on any atom is 0.337 e. The molecule has 3 rings (SSSR count). The highest BCUT2D eigenvalue weighted by atomic mass is 19.1. The van der Waals surface area contributed by atoms with Crippen molar-refractivity contribution in [3.05, 3.63) is 71.7 Å². The van der Waals surface area contributed by atoms with Crippen LogP contribution in [0.3, 0.4) is 0 Å². The number of nitrogens with one attached hydrogen (secondary N) is 1. The number of hydrogen-bond donors (Lipinski definition) is 1. The summed E-state index contributed by atoms with van der Waals surface area (Å²) in [5.41, 5.74) is 1.54. The lowest BCUT2D eigenvalue weighted by molar-refractivity contribution is 0.0600. The third-order valence-corrected chi connectivity index (χ3v) is 3.40. The Hall–Kier alpha value is -3.48. The second-order valence-corrected chi connectivity index (χ2v) is 5.11. The van der Waals surface area contributed by atoms with Crippen molar-refractivity contribution in [2.75, 3.05) is 12.4 Å². The van der Waals surface area contributed by atoms with Gasteiger partial charge in [0.05, 0.1) is 12.7 Å². The molecule has 0 unspecified atom stereocenters. The normalized spacial score (nSPS) is 10.3. The van der Waals surface area contributed by atoms with E-state index in [9.17, 15) is 14.0 Å². The van der Waals surface area contributed by atoms with Gasteiger partial charge in [0.2, 0.25) is 5.76 Å². The summed E-state index contributed by atoms with van der Waals surface area (Å²) >= 11 is 0. The van der Waals surface area contributed by atoms with E-state index in [1.54, 1.807) is 24.3 Å². The van der Waals surface area contributed by atoms with Crippen molar-refractivity contribution in [1.82, 2.24) is 5.16 Å². The van der Waals surface area contributed by atoms with Gasteiger partial charge in [-0.3, -0.25) is 4.79 Å². The summed E-state index contributed by atoms with van der Waals surface area (Å²) < 4.78 is 22.9. The van der Waals surface area contributed by atoms with Gasteiger partial charge in [0.25, 0.3) is 5.91 Å². The number of rotatable bonds is 4. The van der Waals surface area contributed by atoms with Crippen LogP contribution in [0.25, 0.3) is 11.3 Å². The Morgan fingerprint density at radius 1 is 1.12 bits per heavy atom. The van der Waals surface area contributed by atoms with E-state index in [0.29, 0.717) is 22.5 Å². The molecule has 0 aliphatic carbocycles. The molecule has 7 heteroatoms. The first-order valence-corrected chi connectivity index (χ1v) is 7.29. The Morgan fingerprint density at radius 2 is 1.92 bits per heavy atom. The number of carbonyl (C=O) groups excluding carboxylic acids is 2. The van der Waals surface area contributed by atoms with Crippen molar-refractivity contribution in [3.8, 4) is 11.3 Å². The third kappa shape index (κ3) is 3.72. The molecule has 0 atom stereocenters. The topological polar surface area (TPSA) is 81.4 Å². The van der Waals surface area contributed by atoms with E-state index >= 15 is 0 Å². The van der Waals surface area contributed by atoms with Crippen LogP contribution in [0.4, 0.5) is 10.1 Å². The number of anilines is 1. The third-order valence-electron chi connectivity index (χ3n) is 3.40. The van der Waals surface area contributed by atoms with Gasteiger partial charge in [-0.25, -0.2) is 9.18 Å². The molecule has 25 heavy (non-hydrogen) atoms. The molecule has 3 aromatic rings. The zero-order valence-electron chi connectivity index (χ0n) is 13.2. The van der Waals surface area contributed by atoms with E-state index in [0.717, 1.165) is 0 Å². The molecule has 6 nitrogen and oxygen atoms in total. The van der Waals surface area contributed by atoms with E-state index in [1.165, 1.54) is 37.4 Å². The molecule has 0 aliphatic rings. The average molecular weight is 340 g/mol. The molecule has 0 fully saturated rings. The fourth-order valence-corrected chi connectivity index (χ4v) is 2.20. The van der Waals surface area contributed by atoms with Crippen LogP contribution in [0.15, 0.2) is 59.1 Å². The van der Waals surface area contributed by atoms with Crippen LogP contribution >= 0.6 is 0 Å². The number of halogens is 1. The Kier molecular flexibility index (Phi) is 4.56. The molecule has 0 saturated carbocycles. The molecular formula is C18H13FN2O4. The van der Waals surface area contributed by atoms with Gasteiger partial charge in [0, 0.05) is 17.3 Å². The number of aromatic nitrogens is 1. The highest BCUT2D eigenvalue weighted by Crippen LogP contribution is 2.21. The van der Waals surface area contributed by atoms with Gasteiger partial charge >= 0.3 is 5.97 Å². The van der Waals surface area contributed by atoms with Crippen molar-refractivity contribution >= 4 is 17.6 Å². The first-order chi connectivity index (χ1) is 12.1. The predicted octanol–water partition coefficient (Wildman–Crippen LogP) is 3.52.